The lowest BCUT2D eigenvalue weighted by atomic mass is 10.1. The summed E-state index contributed by atoms with van der Waals surface area (Å²) in [7, 11) is 1.62. The number of carbonyl (C=O) groups excluding carboxylic acids is 1. The number of rotatable bonds is 5. The van der Waals surface area contributed by atoms with Crippen molar-refractivity contribution < 1.29 is 9.53 Å². The smallest absolute Gasteiger partial charge is 0.257 e. The molecule has 2 aromatic heterocycles. The molecule has 0 saturated carbocycles. The summed E-state index contributed by atoms with van der Waals surface area (Å²) in [5.41, 5.74) is 13.4. The van der Waals surface area contributed by atoms with Gasteiger partial charge in [0.1, 0.15) is 22.6 Å². The topological polar surface area (TPSA) is 95.1 Å². The van der Waals surface area contributed by atoms with Gasteiger partial charge in [-0.15, -0.1) is 0 Å². The lowest BCUT2D eigenvalue weighted by Gasteiger charge is -2.13. The van der Waals surface area contributed by atoms with Crippen molar-refractivity contribution in [1.82, 2.24) is 19.9 Å². The molecule has 0 aliphatic heterocycles. The zero-order chi connectivity index (χ0) is 23.8. The quantitative estimate of drug-likeness (QED) is 0.403. The highest BCUT2D eigenvalue weighted by Gasteiger charge is 2.25. The fraction of sp³-hybridized carbons (Fsp3) is 0.148. The van der Waals surface area contributed by atoms with Gasteiger partial charge in [0.15, 0.2) is 5.65 Å². The van der Waals surface area contributed by atoms with Crippen molar-refractivity contribution in [3.05, 3.63) is 89.0 Å². The van der Waals surface area contributed by atoms with Gasteiger partial charge in [-0.2, -0.15) is 0 Å². The number of hydrogen-bond donors (Lipinski definition) is 2. The number of aromatic nitrogens is 3. The molecule has 0 fully saturated rings. The Morgan fingerprint density at radius 3 is 2.38 bits per heavy atom. The van der Waals surface area contributed by atoms with Crippen LogP contribution >= 0.6 is 0 Å². The van der Waals surface area contributed by atoms with Gasteiger partial charge in [-0.1, -0.05) is 36.4 Å². The molecule has 0 radical (unpaired) electrons. The third kappa shape index (κ3) is 3.61. The van der Waals surface area contributed by atoms with Crippen LogP contribution in [0, 0.1) is 13.8 Å². The Morgan fingerprint density at radius 1 is 0.971 bits per heavy atom. The van der Waals surface area contributed by atoms with Crippen LogP contribution in [-0.2, 0) is 6.54 Å². The Morgan fingerprint density at radius 2 is 1.68 bits per heavy atom. The summed E-state index contributed by atoms with van der Waals surface area (Å²) in [6.07, 6.45) is 0. The number of hydrogen-bond acceptors (Lipinski definition) is 5. The van der Waals surface area contributed by atoms with Gasteiger partial charge in [0.2, 0.25) is 0 Å². The number of ether oxygens (including phenoxy) is 1. The molecule has 5 aromatic rings. The van der Waals surface area contributed by atoms with E-state index in [1.54, 1.807) is 7.11 Å². The van der Waals surface area contributed by atoms with E-state index in [-0.39, 0.29) is 5.91 Å². The number of aryl methyl sites for hydroxylation is 1. The summed E-state index contributed by atoms with van der Waals surface area (Å²) in [5.74, 6) is 0.774. The maximum atomic E-state index is 13.4. The predicted molar refractivity (Wildman–Crippen MR) is 134 cm³/mol. The Balaban J connectivity index is 1.64. The fourth-order valence-electron chi connectivity index (χ4n) is 4.12. The number of nitrogens with one attached hydrogen (secondary N) is 1. The van der Waals surface area contributed by atoms with E-state index in [1.165, 1.54) is 0 Å². The van der Waals surface area contributed by atoms with Gasteiger partial charge in [-0.05, 0) is 60.9 Å². The number of nitrogens with zero attached hydrogens (tertiary/aromatic N) is 3. The summed E-state index contributed by atoms with van der Waals surface area (Å²) in [6, 6.07) is 21.1. The molecule has 2 heterocycles. The largest absolute Gasteiger partial charge is 0.497 e. The first-order chi connectivity index (χ1) is 16.5. The molecule has 0 spiro atoms. The normalized spacial score (nSPS) is 11.1. The predicted octanol–water partition coefficient (Wildman–Crippen LogP) is 4.71. The molecule has 3 N–H and O–H groups in total. The monoisotopic (exact) mass is 451 g/mol. The van der Waals surface area contributed by atoms with E-state index in [2.05, 4.69) is 5.32 Å². The van der Waals surface area contributed by atoms with Gasteiger partial charge >= 0.3 is 0 Å². The van der Waals surface area contributed by atoms with Crippen LogP contribution in [-0.4, -0.2) is 27.6 Å². The third-order valence-electron chi connectivity index (χ3n) is 6.15. The van der Waals surface area contributed by atoms with Crippen LogP contribution in [0.1, 0.15) is 27.0 Å². The average Bonchev–Trinajstić information content (AvgIpc) is 3.13. The second-order valence-electron chi connectivity index (χ2n) is 8.23. The number of amides is 1. The van der Waals surface area contributed by atoms with Crippen LogP contribution < -0.4 is 15.8 Å². The summed E-state index contributed by atoms with van der Waals surface area (Å²) in [6.45, 7) is 4.43. The molecule has 1 amide bonds. The van der Waals surface area contributed by atoms with E-state index < -0.39 is 0 Å². The average molecular weight is 452 g/mol. The number of benzene rings is 3. The van der Waals surface area contributed by atoms with E-state index in [1.807, 2.05) is 85.1 Å². The van der Waals surface area contributed by atoms with Crippen molar-refractivity contribution in [2.45, 2.75) is 20.4 Å². The van der Waals surface area contributed by atoms with E-state index in [0.29, 0.717) is 34.6 Å². The van der Waals surface area contributed by atoms with Crippen LogP contribution in [0.4, 0.5) is 5.82 Å². The van der Waals surface area contributed by atoms with Crippen LogP contribution in [0.15, 0.2) is 66.7 Å². The SMILES string of the molecule is COc1ccc(CNC(=O)c2c(N)n(-c3cccc(C)c3C)c3nc4ccccc4nc23)cc1. The maximum absolute atomic E-state index is 13.4. The van der Waals surface area contributed by atoms with Crippen LogP contribution in [0.25, 0.3) is 27.9 Å². The highest BCUT2D eigenvalue weighted by Crippen LogP contribution is 2.32. The molecule has 0 atom stereocenters. The Kier molecular flexibility index (Phi) is 5.37. The second-order valence-corrected chi connectivity index (χ2v) is 8.23. The number of nitrogen functional groups attached to an aromatic ring is 1. The van der Waals surface area contributed by atoms with Gasteiger partial charge < -0.3 is 15.8 Å². The molecule has 34 heavy (non-hydrogen) atoms. The molecule has 7 nitrogen and oxygen atoms in total. The number of anilines is 1. The van der Waals surface area contributed by atoms with E-state index >= 15 is 0 Å². The van der Waals surface area contributed by atoms with Crippen molar-refractivity contribution in [2.75, 3.05) is 12.8 Å². The Hall–Kier alpha value is -4.39. The number of nitrogens with two attached hydrogens (primary N) is 1. The molecule has 0 bridgehead atoms. The van der Waals surface area contributed by atoms with Crippen LogP contribution in [0.5, 0.6) is 5.75 Å². The number of fused-ring (bicyclic) bond motifs is 2. The first-order valence-electron chi connectivity index (χ1n) is 11.0. The van der Waals surface area contributed by atoms with Crippen LogP contribution in [0.2, 0.25) is 0 Å². The molecule has 0 unspecified atom stereocenters. The van der Waals surface area contributed by atoms with Gasteiger partial charge in [0.25, 0.3) is 5.91 Å². The highest BCUT2D eigenvalue weighted by atomic mass is 16.5. The minimum absolute atomic E-state index is 0.299. The Labute approximate surface area is 197 Å². The number of carbonyl (C=O) groups is 1. The molecule has 3 aromatic carbocycles. The van der Waals surface area contributed by atoms with Gasteiger partial charge in [0.05, 0.1) is 23.8 Å². The van der Waals surface area contributed by atoms with Crippen molar-refractivity contribution in [1.29, 1.82) is 0 Å². The third-order valence-corrected chi connectivity index (χ3v) is 6.15. The molecule has 0 aliphatic carbocycles. The molecule has 5 rings (SSSR count). The minimum atomic E-state index is -0.299. The van der Waals surface area contributed by atoms with E-state index in [4.69, 9.17) is 20.4 Å². The molecule has 0 saturated heterocycles. The van der Waals surface area contributed by atoms with Gasteiger partial charge in [-0.25, -0.2) is 9.97 Å². The first kappa shape index (κ1) is 21.5. The minimum Gasteiger partial charge on any atom is -0.497 e. The van der Waals surface area contributed by atoms with Crippen molar-refractivity contribution >= 4 is 33.9 Å². The number of methoxy groups -OCH3 is 1. The zero-order valence-electron chi connectivity index (χ0n) is 19.3. The summed E-state index contributed by atoms with van der Waals surface area (Å²) in [5, 5.41) is 2.98. The highest BCUT2D eigenvalue weighted by molar-refractivity contribution is 6.11. The Bertz CT molecular complexity index is 1540. The van der Waals surface area contributed by atoms with Gasteiger partial charge in [0, 0.05) is 6.54 Å². The molecule has 170 valence electrons. The van der Waals surface area contributed by atoms with Crippen molar-refractivity contribution in [3.63, 3.8) is 0 Å². The van der Waals surface area contributed by atoms with Gasteiger partial charge in [-0.3, -0.25) is 9.36 Å². The molecular formula is C27H25N5O2. The van der Waals surface area contributed by atoms with Crippen molar-refractivity contribution in [2.24, 2.45) is 0 Å². The van der Waals surface area contributed by atoms with Crippen LogP contribution in [0.3, 0.4) is 0 Å². The van der Waals surface area contributed by atoms with E-state index in [9.17, 15) is 4.79 Å². The van der Waals surface area contributed by atoms with E-state index in [0.717, 1.165) is 33.6 Å². The van der Waals surface area contributed by atoms with Crippen molar-refractivity contribution in [3.8, 4) is 11.4 Å². The second kappa shape index (κ2) is 8.51. The number of para-hydroxylation sites is 2. The summed E-state index contributed by atoms with van der Waals surface area (Å²) >= 11 is 0. The maximum Gasteiger partial charge on any atom is 0.257 e. The standard InChI is InChI=1S/C27H25N5O2/c1-16-7-6-10-22(17(16)2)32-25(28)23(24-26(32)31-21-9-5-4-8-20(21)30-24)27(33)29-15-18-11-13-19(34-3)14-12-18/h4-14H,15,28H2,1-3H3,(H,29,33). The summed E-state index contributed by atoms with van der Waals surface area (Å²) < 4.78 is 7.04. The lowest BCUT2D eigenvalue weighted by molar-refractivity contribution is 0.0953. The lowest BCUT2D eigenvalue weighted by Crippen LogP contribution is -2.24. The summed E-state index contributed by atoms with van der Waals surface area (Å²) in [4.78, 5) is 23.1. The molecule has 7 heteroatoms. The fourth-order valence-corrected chi connectivity index (χ4v) is 4.12. The zero-order valence-corrected chi connectivity index (χ0v) is 19.3. The molecule has 0 aliphatic rings. The first-order valence-corrected chi connectivity index (χ1v) is 11.0. The molecular weight excluding hydrogens is 426 g/mol.